The molecule has 3 heteroatoms. The monoisotopic (exact) mass is 129 g/mol. The normalized spacial score (nSPS) is 8.88. The highest BCUT2D eigenvalue weighted by molar-refractivity contribution is 6.57. The lowest BCUT2D eigenvalue weighted by molar-refractivity contribution is -0.132. The predicted molar refractivity (Wildman–Crippen MR) is 33.6 cm³/mol. The minimum Gasteiger partial charge on any atom is -0.514 e. The molecular weight excluding hydrogens is 120 g/mol. The van der Waals surface area contributed by atoms with Gasteiger partial charge in [0.15, 0.2) is 0 Å². The summed E-state index contributed by atoms with van der Waals surface area (Å²) in [6.07, 6.45) is 0. The summed E-state index contributed by atoms with van der Waals surface area (Å²) >= 11 is 0. The molecule has 0 aliphatic rings. The number of hydrogen-bond donors (Lipinski definition) is 0. The van der Waals surface area contributed by atoms with E-state index < -0.39 is 9.04 Å². The zero-order chi connectivity index (χ0) is 6.57. The first-order valence-electron chi connectivity index (χ1n) is 2.31. The van der Waals surface area contributed by atoms with E-state index in [0.717, 1.165) is 0 Å². The smallest absolute Gasteiger partial charge is 0.309 e. The average Bonchev–Trinajstić information content (AvgIpc) is 1.65. The van der Waals surface area contributed by atoms with Gasteiger partial charge in [0, 0.05) is 6.92 Å². The zero-order valence-corrected chi connectivity index (χ0v) is 6.10. The molecular formula is C5H9O2Si. The third-order valence-corrected chi connectivity index (χ3v) is 1.78. The lowest BCUT2D eigenvalue weighted by Gasteiger charge is -2.00. The Balaban J connectivity index is 3.38. The standard InChI is InChI=1S/C5H9O2Si/c1-4-8(3)7-5(2)6/h4H,1H2,2-3H3. The molecule has 0 fully saturated rings. The third-order valence-electron chi connectivity index (χ3n) is 0.592. The minimum atomic E-state index is -1.01. The Morgan fingerprint density at radius 2 is 2.38 bits per heavy atom. The second-order valence-corrected chi connectivity index (χ2v) is 3.24. The summed E-state index contributed by atoms with van der Waals surface area (Å²) in [6, 6.07) is 0. The second kappa shape index (κ2) is 3.43. The maximum atomic E-state index is 10.2. The molecule has 8 heavy (non-hydrogen) atoms. The molecule has 0 spiro atoms. The summed E-state index contributed by atoms with van der Waals surface area (Å²) in [5.74, 6) is -0.221. The molecule has 0 aromatic rings. The fraction of sp³-hybridized carbons (Fsp3) is 0.400. The number of rotatable bonds is 2. The van der Waals surface area contributed by atoms with E-state index in [1.54, 1.807) is 5.70 Å². The molecule has 0 saturated carbocycles. The highest BCUT2D eigenvalue weighted by atomic mass is 28.3. The van der Waals surface area contributed by atoms with Crippen LogP contribution in [0.1, 0.15) is 6.92 Å². The molecule has 0 amide bonds. The van der Waals surface area contributed by atoms with Crippen LogP contribution in [0.4, 0.5) is 0 Å². The van der Waals surface area contributed by atoms with Crippen molar-refractivity contribution in [1.29, 1.82) is 0 Å². The van der Waals surface area contributed by atoms with E-state index in [0.29, 0.717) is 0 Å². The quantitative estimate of drug-likeness (QED) is 0.518. The van der Waals surface area contributed by atoms with Crippen molar-refractivity contribution < 1.29 is 9.22 Å². The Labute approximate surface area is 50.9 Å². The first-order chi connectivity index (χ1) is 3.66. The van der Waals surface area contributed by atoms with Gasteiger partial charge in [0.2, 0.25) is 0 Å². The molecule has 0 bridgehead atoms. The molecule has 45 valence electrons. The molecule has 0 unspecified atom stereocenters. The molecule has 0 rings (SSSR count). The summed E-state index contributed by atoms with van der Waals surface area (Å²) in [6.45, 7) is 6.74. The summed E-state index contributed by atoms with van der Waals surface area (Å²) in [5.41, 5.74) is 1.67. The molecule has 0 N–H and O–H groups in total. The van der Waals surface area contributed by atoms with Crippen LogP contribution in [0.3, 0.4) is 0 Å². The average molecular weight is 129 g/mol. The summed E-state index contributed by atoms with van der Waals surface area (Å²) in [5, 5.41) is 0. The lowest BCUT2D eigenvalue weighted by atomic mass is 10.9. The van der Waals surface area contributed by atoms with Gasteiger partial charge in [-0.05, 0) is 6.55 Å². The van der Waals surface area contributed by atoms with Gasteiger partial charge in [-0.1, -0.05) is 5.70 Å². The Kier molecular flexibility index (Phi) is 3.19. The Morgan fingerprint density at radius 1 is 1.88 bits per heavy atom. The van der Waals surface area contributed by atoms with E-state index in [9.17, 15) is 4.79 Å². The molecule has 0 aromatic carbocycles. The molecule has 0 atom stereocenters. The van der Waals surface area contributed by atoms with Crippen molar-refractivity contribution in [2.75, 3.05) is 0 Å². The van der Waals surface area contributed by atoms with Gasteiger partial charge in [0.25, 0.3) is 5.97 Å². The summed E-state index contributed by atoms with van der Waals surface area (Å²) in [4.78, 5) is 10.2. The van der Waals surface area contributed by atoms with Crippen molar-refractivity contribution in [3.8, 4) is 0 Å². The topological polar surface area (TPSA) is 26.3 Å². The van der Waals surface area contributed by atoms with Crippen molar-refractivity contribution in [3.63, 3.8) is 0 Å². The predicted octanol–water partition coefficient (Wildman–Crippen LogP) is 0.896. The second-order valence-electron chi connectivity index (χ2n) is 1.41. The zero-order valence-electron chi connectivity index (χ0n) is 5.10. The third kappa shape index (κ3) is 3.61. The van der Waals surface area contributed by atoms with Crippen molar-refractivity contribution in [1.82, 2.24) is 0 Å². The van der Waals surface area contributed by atoms with Crippen LogP contribution in [0, 0.1) is 0 Å². The SMILES string of the molecule is C=C[Si](C)OC(C)=O. The van der Waals surface area contributed by atoms with Crippen LogP contribution < -0.4 is 0 Å². The lowest BCUT2D eigenvalue weighted by Crippen LogP contribution is -2.13. The van der Waals surface area contributed by atoms with Crippen molar-refractivity contribution >= 4 is 15.0 Å². The molecule has 0 aromatic heterocycles. The van der Waals surface area contributed by atoms with Gasteiger partial charge < -0.3 is 4.43 Å². The Morgan fingerprint density at radius 3 is 2.50 bits per heavy atom. The van der Waals surface area contributed by atoms with Crippen molar-refractivity contribution in [2.45, 2.75) is 13.5 Å². The van der Waals surface area contributed by atoms with Gasteiger partial charge in [-0.25, -0.2) is 0 Å². The molecule has 0 heterocycles. The van der Waals surface area contributed by atoms with Gasteiger partial charge in [-0.15, -0.1) is 6.58 Å². The first kappa shape index (κ1) is 7.43. The van der Waals surface area contributed by atoms with Crippen LogP contribution in [-0.4, -0.2) is 15.0 Å². The maximum absolute atomic E-state index is 10.2. The highest BCUT2D eigenvalue weighted by Gasteiger charge is 2.01. The van der Waals surface area contributed by atoms with E-state index in [2.05, 4.69) is 6.58 Å². The molecule has 0 aliphatic carbocycles. The maximum Gasteiger partial charge on any atom is 0.309 e. The van der Waals surface area contributed by atoms with E-state index in [4.69, 9.17) is 4.43 Å². The summed E-state index contributed by atoms with van der Waals surface area (Å²) in [7, 11) is -1.01. The largest absolute Gasteiger partial charge is 0.514 e. The molecule has 1 radical (unpaired) electrons. The van der Waals surface area contributed by atoms with Gasteiger partial charge in [0.1, 0.15) is 0 Å². The Hall–Kier alpha value is -0.573. The van der Waals surface area contributed by atoms with Crippen molar-refractivity contribution in [3.05, 3.63) is 12.3 Å². The first-order valence-corrected chi connectivity index (χ1v) is 4.29. The van der Waals surface area contributed by atoms with Crippen LogP contribution in [0.2, 0.25) is 6.55 Å². The van der Waals surface area contributed by atoms with E-state index in [-0.39, 0.29) is 5.97 Å². The van der Waals surface area contributed by atoms with Gasteiger partial charge in [-0.3, -0.25) is 4.79 Å². The van der Waals surface area contributed by atoms with E-state index in [1.807, 2.05) is 6.55 Å². The van der Waals surface area contributed by atoms with Crippen LogP contribution in [0.15, 0.2) is 12.3 Å². The Bertz CT molecular complexity index is 101. The van der Waals surface area contributed by atoms with Crippen molar-refractivity contribution in [2.24, 2.45) is 0 Å². The molecule has 2 nitrogen and oxygen atoms in total. The number of carbonyl (C=O) groups excluding carboxylic acids is 1. The van der Waals surface area contributed by atoms with Crippen LogP contribution >= 0.6 is 0 Å². The fourth-order valence-corrected chi connectivity index (χ4v) is 0.805. The fourth-order valence-electron chi connectivity index (χ4n) is 0.268. The van der Waals surface area contributed by atoms with Crippen LogP contribution in [-0.2, 0) is 9.22 Å². The van der Waals surface area contributed by atoms with E-state index >= 15 is 0 Å². The number of carbonyl (C=O) groups is 1. The van der Waals surface area contributed by atoms with Gasteiger partial charge in [0.05, 0.1) is 0 Å². The molecule has 0 saturated heterocycles. The minimum absolute atomic E-state index is 0.221. The van der Waals surface area contributed by atoms with Gasteiger partial charge >= 0.3 is 9.04 Å². The number of hydrogen-bond acceptors (Lipinski definition) is 2. The van der Waals surface area contributed by atoms with Gasteiger partial charge in [-0.2, -0.15) is 0 Å². The van der Waals surface area contributed by atoms with Crippen LogP contribution in [0.25, 0.3) is 0 Å². The summed E-state index contributed by atoms with van der Waals surface area (Å²) < 4.78 is 4.74. The highest BCUT2D eigenvalue weighted by Crippen LogP contribution is 1.84. The van der Waals surface area contributed by atoms with E-state index in [1.165, 1.54) is 6.92 Å². The molecule has 0 aliphatic heterocycles. The van der Waals surface area contributed by atoms with Crippen LogP contribution in [0.5, 0.6) is 0 Å².